The molecule has 1 aromatic rings. The van der Waals surface area contributed by atoms with Crippen molar-refractivity contribution in [1.29, 1.82) is 0 Å². The lowest BCUT2D eigenvalue weighted by Gasteiger charge is -2.22. The highest BCUT2D eigenvalue weighted by Gasteiger charge is 2.35. The lowest BCUT2D eigenvalue weighted by Crippen LogP contribution is -2.27. The molecule has 122 valence electrons. The quantitative estimate of drug-likeness (QED) is 0.820. The molecule has 0 unspecified atom stereocenters. The first-order chi connectivity index (χ1) is 9.14. The molecule has 21 heavy (non-hydrogen) atoms. The van der Waals surface area contributed by atoms with Crippen molar-refractivity contribution in [3.8, 4) is 0 Å². The Bertz CT molecular complexity index is 452. The fourth-order valence-corrected chi connectivity index (χ4v) is 2.28. The zero-order chi connectivity index (χ0) is 15.5. The number of hydrogen-bond acceptors (Lipinski definition) is 2. The lowest BCUT2D eigenvalue weighted by molar-refractivity contribution is -0.137. The highest BCUT2D eigenvalue weighted by Crippen LogP contribution is 2.38. The van der Waals surface area contributed by atoms with E-state index in [4.69, 9.17) is 17.3 Å². The average molecular weight is 346 g/mol. The largest absolute Gasteiger partial charge is 0.417 e. The highest BCUT2D eigenvalue weighted by molar-refractivity contribution is 6.32. The SMILES string of the molecule is CC(C)CC[C@H](O)[C@H](N)c1cccc(C(F)(F)F)c1Cl.Cl. The summed E-state index contributed by atoms with van der Waals surface area (Å²) in [4.78, 5) is 0. The monoisotopic (exact) mass is 345 g/mol. The molecule has 7 heteroatoms. The summed E-state index contributed by atoms with van der Waals surface area (Å²) in [7, 11) is 0. The molecule has 0 heterocycles. The molecule has 0 saturated heterocycles. The summed E-state index contributed by atoms with van der Waals surface area (Å²) in [6.07, 6.45) is -4.29. The van der Waals surface area contributed by atoms with Gasteiger partial charge in [-0.15, -0.1) is 12.4 Å². The Kier molecular flexibility index (Phi) is 8.03. The number of benzene rings is 1. The Hall–Kier alpha value is -0.490. The average Bonchev–Trinajstić information content (AvgIpc) is 2.33. The summed E-state index contributed by atoms with van der Waals surface area (Å²) in [6.45, 7) is 3.99. The van der Waals surface area contributed by atoms with Crippen LogP contribution in [0.25, 0.3) is 0 Å². The van der Waals surface area contributed by atoms with Gasteiger partial charge in [0.2, 0.25) is 0 Å². The predicted octanol–water partition coefficient (Wildman–Crippen LogP) is 4.58. The van der Waals surface area contributed by atoms with Gasteiger partial charge in [-0.3, -0.25) is 0 Å². The minimum absolute atomic E-state index is 0. The van der Waals surface area contributed by atoms with Gasteiger partial charge in [0.1, 0.15) is 0 Å². The number of halogens is 5. The van der Waals surface area contributed by atoms with Crippen LogP contribution in [0.1, 0.15) is 43.9 Å². The zero-order valence-electron chi connectivity index (χ0n) is 11.8. The molecule has 1 aromatic carbocycles. The van der Waals surface area contributed by atoms with Gasteiger partial charge in [-0.1, -0.05) is 37.6 Å². The molecule has 0 aliphatic rings. The van der Waals surface area contributed by atoms with Crippen molar-refractivity contribution in [2.75, 3.05) is 0 Å². The molecule has 3 N–H and O–H groups in total. The second kappa shape index (κ2) is 8.22. The molecule has 0 spiro atoms. The second-order valence-corrected chi connectivity index (χ2v) is 5.65. The molecule has 1 rings (SSSR count). The van der Waals surface area contributed by atoms with Crippen molar-refractivity contribution in [1.82, 2.24) is 0 Å². The number of nitrogens with two attached hydrogens (primary N) is 1. The van der Waals surface area contributed by atoms with Gasteiger partial charge in [0.05, 0.1) is 22.7 Å². The molecule has 0 fully saturated rings. The van der Waals surface area contributed by atoms with E-state index in [1.165, 1.54) is 12.1 Å². The molecular formula is C14H20Cl2F3NO. The highest BCUT2D eigenvalue weighted by atomic mass is 35.5. The molecule has 0 amide bonds. The molecular weight excluding hydrogens is 326 g/mol. The van der Waals surface area contributed by atoms with Crippen LogP contribution in [-0.2, 0) is 6.18 Å². The van der Waals surface area contributed by atoms with E-state index in [1.807, 2.05) is 13.8 Å². The maximum absolute atomic E-state index is 12.8. The van der Waals surface area contributed by atoms with Crippen LogP contribution < -0.4 is 5.73 Å². The van der Waals surface area contributed by atoms with E-state index in [9.17, 15) is 18.3 Å². The third-order valence-electron chi connectivity index (χ3n) is 3.15. The van der Waals surface area contributed by atoms with Crippen LogP contribution in [0, 0.1) is 5.92 Å². The fraction of sp³-hybridized carbons (Fsp3) is 0.571. The number of aliphatic hydroxyl groups excluding tert-OH is 1. The normalized spacial score (nSPS) is 14.7. The Morgan fingerprint density at radius 3 is 2.29 bits per heavy atom. The van der Waals surface area contributed by atoms with Crippen LogP contribution >= 0.6 is 24.0 Å². The Balaban J connectivity index is 0.00000400. The van der Waals surface area contributed by atoms with Gasteiger partial charge in [-0.25, -0.2) is 0 Å². The second-order valence-electron chi connectivity index (χ2n) is 5.27. The van der Waals surface area contributed by atoms with Crippen LogP contribution in [0.2, 0.25) is 5.02 Å². The van der Waals surface area contributed by atoms with Gasteiger partial charge >= 0.3 is 6.18 Å². The van der Waals surface area contributed by atoms with Gasteiger partial charge in [-0.05, 0) is 30.4 Å². The summed E-state index contributed by atoms with van der Waals surface area (Å²) in [6, 6.07) is 2.64. The first-order valence-electron chi connectivity index (χ1n) is 6.43. The maximum Gasteiger partial charge on any atom is 0.417 e. The number of aliphatic hydroxyl groups is 1. The summed E-state index contributed by atoms with van der Waals surface area (Å²) in [5.74, 6) is 0.383. The summed E-state index contributed by atoms with van der Waals surface area (Å²) >= 11 is 5.78. The first kappa shape index (κ1) is 20.5. The minimum atomic E-state index is -4.53. The molecule has 0 aliphatic heterocycles. The van der Waals surface area contributed by atoms with Crippen LogP contribution in [0.4, 0.5) is 13.2 Å². The molecule has 0 radical (unpaired) electrons. The number of rotatable bonds is 5. The van der Waals surface area contributed by atoms with Crippen molar-refractivity contribution < 1.29 is 18.3 Å². The van der Waals surface area contributed by atoms with Gasteiger partial charge in [0.15, 0.2) is 0 Å². The molecule has 2 atom stereocenters. The van der Waals surface area contributed by atoms with Crippen molar-refractivity contribution in [3.05, 3.63) is 34.3 Å². The summed E-state index contributed by atoms with van der Waals surface area (Å²) < 4.78 is 38.3. The van der Waals surface area contributed by atoms with Crippen LogP contribution in [0.5, 0.6) is 0 Å². The molecule has 0 bridgehead atoms. The van der Waals surface area contributed by atoms with Crippen molar-refractivity contribution in [2.45, 2.75) is 45.0 Å². The molecule has 0 aliphatic carbocycles. The molecule has 0 saturated carbocycles. The topological polar surface area (TPSA) is 46.2 Å². The minimum Gasteiger partial charge on any atom is -0.391 e. The van der Waals surface area contributed by atoms with E-state index in [2.05, 4.69) is 0 Å². The van der Waals surface area contributed by atoms with Crippen molar-refractivity contribution >= 4 is 24.0 Å². The number of alkyl halides is 3. The van der Waals surface area contributed by atoms with Crippen LogP contribution in [-0.4, -0.2) is 11.2 Å². The van der Waals surface area contributed by atoms with Gasteiger partial charge in [-0.2, -0.15) is 13.2 Å². The fourth-order valence-electron chi connectivity index (χ4n) is 1.92. The van der Waals surface area contributed by atoms with E-state index in [0.29, 0.717) is 12.3 Å². The Morgan fingerprint density at radius 2 is 1.81 bits per heavy atom. The summed E-state index contributed by atoms with van der Waals surface area (Å²) in [5.41, 5.74) is 5.03. The lowest BCUT2D eigenvalue weighted by atomic mass is 9.95. The molecule has 2 nitrogen and oxygen atoms in total. The smallest absolute Gasteiger partial charge is 0.391 e. The third kappa shape index (κ3) is 5.66. The van der Waals surface area contributed by atoms with E-state index >= 15 is 0 Å². The zero-order valence-corrected chi connectivity index (χ0v) is 13.4. The van der Waals surface area contributed by atoms with E-state index in [0.717, 1.165) is 12.5 Å². The first-order valence-corrected chi connectivity index (χ1v) is 6.81. The summed E-state index contributed by atoms with van der Waals surface area (Å²) in [5, 5.41) is 9.54. The third-order valence-corrected chi connectivity index (χ3v) is 3.57. The van der Waals surface area contributed by atoms with Crippen LogP contribution in [0.3, 0.4) is 0 Å². The van der Waals surface area contributed by atoms with Crippen molar-refractivity contribution in [3.63, 3.8) is 0 Å². The Morgan fingerprint density at radius 1 is 1.24 bits per heavy atom. The van der Waals surface area contributed by atoms with E-state index < -0.39 is 28.9 Å². The predicted molar refractivity (Wildman–Crippen MR) is 80.7 cm³/mol. The van der Waals surface area contributed by atoms with Gasteiger partial charge in [0, 0.05) is 0 Å². The van der Waals surface area contributed by atoms with Gasteiger partial charge in [0.25, 0.3) is 0 Å². The Labute approximate surface area is 133 Å². The van der Waals surface area contributed by atoms with Crippen molar-refractivity contribution in [2.24, 2.45) is 11.7 Å². The standard InChI is InChI=1S/C14H19ClF3NO.ClH/c1-8(2)6-7-11(20)13(19)9-4-3-5-10(12(9)15)14(16,17)18;/h3-5,8,11,13,20H,6-7,19H2,1-2H3;1H/t11-,13+;/m0./s1. The van der Waals surface area contributed by atoms with Crippen LogP contribution in [0.15, 0.2) is 18.2 Å². The molecule has 0 aromatic heterocycles. The van der Waals surface area contributed by atoms with E-state index in [1.54, 1.807) is 0 Å². The maximum atomic E-state index is 12.8. The van der Waals surface area contributed by atoms with E-state index in [-0.39, 0.29) is 18.0 Å². The number of hydrogen-bond donors (Lipinski definition) is 2. The van der Waals surface area contributed by atoms with Gasteiger partial charge < -0.3 is 10.8 Å².